The van der Waals surface area contributed by atoms with E-state index in [1.807, 2.05) is 26.0 Å². The monoisotopic (exact) mass is 252 g/mol. The van der Waals surface area contributed by atoms with Gasteiger partial charge in [-0.25, -0.2) is 0 Å². The van der Waals surface area contributed by atoms with Gasteiger partial charge in [-0.1, -0.05) is 6.07 Å². The van der Waals surface area contributed by atoms with Crippen LogP contribution >= 0.6 is 0 Å². The van der Waals surface area contributed by atoms with Crippen LogP contribution in [0.25, 0.3) is 0 Å². The number of aliphatic hydroxyl groups excluding tert-OH is 1. The molecule has 1 atom stereocenters. The van der Waals surface area contributed by atoms with Crippen molar-refractivity contribution in [3.8, 4) is 5.75 Å². The fraction of sp³-hybridized carbons (Fsp3) is 0.600. The van der Waals surface area contributed by atoms with Crippen molar-refractivity contribution in [2.24, 2.45) is 0 Å². The minimum atomic E-state index is -0.440. The van der Waals surface area contributed by atoms with Gasteiger partial charge in [-0.05, 0) is 57.9 Å². The SMILES string of the molecule is Cc1cc(C)cc(OC[C@@H](O)C[NH2+]C(C)(C)C)c1. The van der Waals surface area contributed by atoms with Crippen LogP contribution in [0.4, 0.5) is 0 Å². The molecule has 1 aromatic carbocycles. The zero-order valence-corrected chi connectivity index (χ0v) is 12.2. The number of aliphatic hydroxyl groups is 1. The van der Waals surface area contributed by atoms with Crippen LogP contribution in [0.3, 0.4) is 0 Å². The Hall–Kier alpha value is -1.06. The van der Waals surface area contributed by atoms with Gasteiger partial charge in [-0.2, -0.15) is 0 Å². The van der Waals surface area contributed by atoms with Crippen LogP contribution in [0.5, 0.6) is 5.75 Å². The van der Waals surface area contributed by atoms with E-state index >= 15 is 0 Å². The normalized spacial score (nSPS) is 13.4. The second-order valence-electron chi connectivity index (χ2n) is 6.09. The molecule has 0 radical (unpaired) electrons. The molecule has 0 amide bonds. The lowest BCUT2D eigenvalue weighted by Gasteiger charge is -2.19. The Balaban J connectivity index is 2.40. The summed E-state index contributed by atoms with van der Waals surface area (Å²) < 4.78 is 5.62. The molecule has 0 aliphatic heterocycles. The number of ether oxygens (including phenoxy) is 1. The number of hydrogen-bond acceptors (Lipinski definition) is 2. The Morgan fingerprint density at radius 1 is 1.17 bits per heavy atom. The average Bonchev–Trinajstić information content (AvgIpc) is 2.21. The molecule has 0 unspecified atom stereocenters. The number of aryl methyl sites for hydroxylation is 2. The Morgan fingerprint density at radius 2 is 1.72 bits per heavy atom. The zero-order valence-electron chi connectivity index (χ0n) is 12.2. The molecule has 0 aliphatic rings. The van der Waals surface area contributed by atoms with Crippen LogP contribution in [-0.4, -0.2) is 29.9 Å². The molecule has 0 saturated carbocycles. The third-order valence-electron chi connectivity index (χ3n) is 2.64. The molecule has 0 saturated heterocycles. The highest BCUT2D eigenvalue weighted by atomic mass is 16.5. The summed E-state index contributed by atoms with van der Waals surface area (Å²) in [5.41, 5.74) is 2.50. The van der Waals surface area contributed by atoms with Crippen LogP contribution in [0.2, 0.25) is 0 Å². The van der Waals surface area contributed by atoms with E-state index < -0.39 is 6.10 Å². The summed E-state index contributed by atoms with van der Waals surface area (Å²) >= 11 is 0. The molecule has 0 spiro atoms. The summed E-state index contributed by atoms with van der Waals surface area (Å²) in [5.74, 6) is 0.835. The summed E-state index contributed by atoms with van der Waals surface area (Å²) in [6.45, 7) is 11.5. The van der Waals surface area contributed by atoms with Gasteiger partial charge in [0.05, 0.1) is 5.54 Å². The van der Waals surface area contributed by atoms with Crippen molar-refractivity contribution in [3.63, 3.8) is 0 Å². The largest absolute Gasteiger partial charge is 0.491 e. The molecule has 0 bridgehead atoms. The van der Waals surface area contributed by atoms with Crippen molar-refractivity contribution in [2.75, 3.05) is 13.2 Å². The Morgan fingerprint density at radius 3 is 2.22 bits per heavy atom. The number of benzene rings is 1. The van der Waals surface area contributed by atoms with Gasteiger partial charge in [0.1, 0.15) is 25.0 Å². The molecule has 0 aliphatic carbocycles. The third kappa shape index (κ3) is 6.03. The molecule has 102 valence electrons. The first-order chi connectivity index (χ1) is 8.26. The van der Waals surface area contributed by atoms with E-state index in [-0.39, 0.29) is 5.54 Å². The van der Waals surface area contributed by atoms with Crippen molar-refractivity contribution in [1.82, 2.24) is 0 Å². The second kappa shape index (κ2) is 6.21. The van der Waals surface area contributed by atoms with Crippen LogP contribution in [0.15, 0.2) is 18.2 Å². The van der Waals surface area contributed by atoms with E-state index in [0.717, 1.165) is 5.75 Å². The van der Waals surface area contributed by atoms with Gasteiger partial charge < -0.3 is 15.2 Å². The van der Waals surface area contributed by atoms with Crippen molar-refractivity contribution < 1.29 is 15.2 Å². The summed E-state index contributed by atoms with van der Waals surface area (Å²) in [7, 11) is 0. The number of quaternary nitrogens is 1. The van der Waals surface area contributed by atoms with Crippen LogP contribution in [0.1, 0.15) is 31.9 Å². The molecule has 1 aromatic rings. The lowest BCUT2D eigenvalue weighted by Crippen LogP contribution is -2.96. The van der Waals surface area contributed by atoms with E-state index in [2.05, 4.69) is 32.2 Å². The molecule has 3 nitrogen and oxygen atoms in total. The number of nitrogens with two attached hydrogens (primary N) is 1. The number of rotatable bonds is 5. The topological polar surface area (TPSA) is 46.1 Å². The van der Waals surface area contributed by atoms with Crippen molar-refractivity contribution in [2.45, 2.75) is 46.3 Å². The predicted octanol–water partition coefficient (Wildman–Crippen LogP) is 1.41. The summed E-state index contributed by atoms with van der Waals surface area (Å²) in [6.07, 6.45) is -0.440. The molecular formula is C15H26NO2+. The zero-order chi connectivity index (χ0) is 13.8. The quantitative estimate of drug-likeness (QED) is 0.832. The summed E-state index contributed by atoms with van der Waals surface area (Å²) in [4.78, 5) is 0. The molecule has 1 rings (SSSR count). The highest BCUT2D eigenvalue weighted by Crippen LogP contribution is 2.16. The minimum absolute atomic E-state index is 0.140. The van der Waals surface area contributed by atoms with E-state index in [1.165, 1.54) is 11.1 Å². The van der Waals surface area contributed by atoms with Gasteiger partial charge in [0, 0.05) is 0 Å². The van der Waals surface area contributed by atoms with E-state index in [9.17, 15) is 5.11 Å². The molecule has 0 aromatic heterocycles. The molecule has 0 fully saturated rings. The Kier molecular flexibility index (Phi) is 5.17. The highest BCUT2D eigenvalue weighted by Gasteiger charge is 2.16. The van der Waals surface area contributed by atoms with Crippen LogP contribution < -0.4 is 10.1 Å². The first-order valence-electron chi connectivity index (χ1n) is 6.50. The molecule has 0 heterocycles. The molecular weight excluding hydrogens is 226 g/mol. The van der Waals surface area contributed by atoms with Gasteiger partial charge in [0.25, 0.3) is 0 Å². The lowest BCUT2D eigenvalue weighted by molar-refractivity contribution is -0.722. The van der Waals surface area contributed by atoms with Crippen LogP contribution in [-0.2, 0) is 0 Å². The summed E-state index contributed by atoms with van der Waals surface area (Å²) in [5, 5.41) is 12.0. The van der Waals surface area contributed by atoms with Gasteiger partial charge in [-0.15, -0.1) is 0 Å². The van der Waals surface area contributed by atoms with Gasteiger partial charge in [0.2, 0.25) is 0 Å². The van der Waals surface area contributed by atoms with E-state index in [0.29, 0.717) is 13.2 Å². The molecule has 18 heavy (non-hydrogen) atoms. The van der Waals surface area contributed by atoms with Gasteiger partial charge in [-0.3, -0.25) is 0 Å². The van der Waals surface area contributed by atoms with E-state index in [1.54, 1.807) is 0 Å². The smallest absolute Gasteiger partial charge is 0.137 e. The van der Waals surface area contributed by atoms with Crippen LogP contribution in [0, 0.1) is 13.8 Å². The minimum Gasteiger partial charge on any atom is -0.491 e. The maximum Gasteiger partial charge on any atom is 0.137 e. The predicted molar refractivity (Wildman–Crippen MR) is 74.0 cm³/mol. The molecule has 3 heteroatoms. The highest BCUT2D eigenvalue weighted by molar-refractivity contribution is 5.32. The standard InChI is InChI=1S/C15H25NO2/c1-11-6-12(2)8-14(7-11)18-10-13(17)9-16-15(3,4)5/h6-8,13,16-17H,9-10H2,1-5H3/p+1/t13-/m0/s1. The fourth-order valence-electron chi connectivity index (χ4n) is 1.77. The second-order valence-corrected chi connectivity index (χ2v) is 6.09. The Bertz CT molecular complexity index is 362. The summed E-state index contributed by atoms with van der Waals surface area (Å²) in [6, 6.07) is 6.09. The molecule has 3 N–H and O–H groups in total. The average molecular weight is 252 g/mol. The maximum absolute atomic E-state index is 9.86. The Labute approximate surface area is 110 Å². The maximum atomic E-state index is 9.86. The van der Waals surface area contributed by atoms with Crippen molar-refractivity contribution in [3.05, 3.63) is 29.3 Å². The van der Waals surface area contributed by atoms with Gasteiger partial charge >= 0.3 is 0 Å². The lowest BCUT2D eigenvalue weighted by atomic mass is 10.1. The van der Waals surface area contributed by atoms with Crippen molar-refractivity contribution in [1.29, 1.82) is 0 Å². The first-order valence-corrected chi connectivity index (χ1v) is 6.50. The fourth-order valence-corrected chi connectivity index (χ4v) is 1.77. The van der Waals surface area contributed by atoms with Crippen molar-refractivity contribution >= 4 is 0 Å². The number of hydrogen-bond donors (Lipinski definition) is 2. The first kappa shape index (κ1) is 15.0. The van der Waals surface area contributed by atoms with E-state index in [4.69, 9.17) is 4.74 Å². The van der Waals surface area contributed by atoms with Gasteiger partial charge in [0.15, 0.2) is 0 Å². The third-order valence-corrected chi connectivity index (χ3v) is 2.64.